The largest absolute Gasteiger partial charge is 0.388 e. The maximum Gasteiger partial charge on any atom is 0.0830 e. The summed E-state index contributed by atoms with van der Waals surface area (Å²) in [5.74, 6) is 0.124. The summed E-state index contributed by atoms with van der Waals surface area (Å²) in [7, 11) is 1.66. The number of aliphatic hydroxyl groups is 1. The van der Waals surface area contributed by atoms with Gasteiger partial charge in [-0.15, -0.1) is 0 Å². The van der Waals surface area contributed by atoms with Crippen LogP contribution in [0.5, 0.6) is 0 Å². The first-order valence-corrected chi connectivity index (χ1v) is 6.35. The Morgan fingerprint density at radius 3 is 2.75 bits per heavy atom. The molecule has 0 saturated heterocycles. The molecule has 1 N–H and O–H groups in total. The zero-order chi connectivity index (χ0) is 12.1. The van der Waals surface area contributed by atoms with Gasteiger partial charge in [0.2, 0.25) is 0 Å². The van der Waals surface area contributed by atoms with Gasteiger partial charge in [-0.1, -0.05) is 40.5 Å². The highest BCUT2D eigenvalue weighted by molar-refractivity contribution is 9.10. The molecule has 2 atom stereocenters. The van der Waals surface area contributed by atoms with Gasteiger partial charge >= 0.3 is 0 Å². The van der Waals surface area contributed by atoms with Crippen molar-refractivity contribution in [1.29, 1.82) is 0 Å². The van der Waals surface area contributed by atoms with Crippen LogP contribution in [0.25, 0.3) is 0 Å². The Morgan fingerprint density at radius 1 is 1.50 bits per heavy atom. The Balaban J connectivity index is 2.75. The second-order valence-corrected chi connectivity index (χ2v) is 5.19. The third-order valence-electron chi connectivity index (χ3n) is 2.60. The number of methoxy groups -OCH3 is 1. The molecule has 0 amide bonds. The molecule has 1 rings (SSSR count). The van der Waals surface area contributed by atoms with Crippen molar-refractivity contribution < 1.29 is 9.84 Å². The average molecular weight is 308 g/mol. The molecule has 0 aliphatic rings. The zero-order valence-electron chi connectivity index (χ0n) is 9.41. The monoisotopic (exact) mass is 306 g/mol. The SMILES string of the molecule is COCCC(C)C(O)c1ccc(Br)cc1Cl. The molecule has 0 saturated carbocycles. The van der Waals surface area contributed by atoms with Crippen LogP contribution in [-0.4, -0.2) is 18.8 Å². The standard InChI is InChI=1S/C12H16BrClO2/c1-8(5-6-16-2)12(15)10-4-3-9(13)7-11(10)14/h3-4,7-8,12,15H,5-6H2,1-2H3. The summed E-state index contributed by atoms with van der Waals surface area (Å²) in [5.41, 5.74) is 0.772. The van der Waals surface area contributed by atoms with Crippen LogP contribution in [-0.2, 0) is 4.74 Å². The van der Waals surface area contributed by atoms with Crippen molar-refractivity contribution in [2.75, 3.05) is 13.7 Å². The van der Waals surface area contributed by atoms with E-state index in [1.165, 1.54) is 0 Å². The number of hydrogen-bond acceptors (Lipinski definition) is 2. The lowest BCUT2D eigenvalue weighted by Crippen LogP contribution is -2.11. The molecule has 0 fully saturated rings. The van der Waals surface area contributed by atoms with Gasteiger partial charge in [-0.25, -0.2) is 0 Å². The van der Waals surface area contributed by atoms with Gasteiger partial charge in [0.25, 0.3) is 0 Å². The van der Waals surface area contributed by atoms with Gasteiger partial charge < -0.3 is 9.84 Å². The molecule has 0 aliphatic heterocycles. The van der Waals surface area contributed by atoms with E-state index < -0.39 is 6.10 Å². The summed E-state index contributed by atoms with van der Waals surface area (Å²) in [6.45, 7) is 2.63. The number of aliphatic hydroxyl groups excluding tert-OH is 1. The van der Waals surface area contributed by atoms with E-state index in [9.17, 15) is 5.11 Å². The third kappa shape index (κ3) is 3.74. The molecule has 0 bridgehead atoms. The number of ether oxygens (including phenoxy) is 1. The molecule has 0 aliphatic carbocycles. The highest BCUT2D eigenvalue weighted by atomic mass is 79.9. The van der Waals surface area contributed by atoms with E-state index in [1.807, 2.05) is 19.1 Å². The van der Waals surface area contributed by atoms with Crippen LogP contribution in [0.1, 0.15) is 25.0 Å². The molecule has 2 nitrogen and oxygen atoms in total. The van der Waals surface area contributed by atoms with Crippen LogP contribution in [0.4, 0.5) is 0 Å². The first kappa shape index (κ1) is 14.0. The molecule has 90 valence electrons. The number of hydrogen-bond donors (Lipinski definition) is 1. The molecule has 4 heteroatoms. The Kier molecular flexibility index (Phi) is 5.76. The van der Waals surface area contributed by atoms with Crippen molar-refractivity contribution in [3.05, 3.63) is 33.3 Å². The van der Waals surface area contributed by atoms with E-state index in [2.05, 4.69) is 15.9 Å². The van der Waals surface area contributed by atoms with Crippen molar-refractivity contribution in [1.82, 2.24) is 0 Å². The molecular weight excluding hydrogens is 291 g/mol. The summed E-state index contributed by atoms with van der Waals surface area (Å²) in [4.78, 5) is 0. The summed E-state index contributed by atoms with van der Waals surface area (Å²) in [5, 5.41) is 10.7. The van der Waals surface area contributed by atoms with E-state index in [1.54, 1.807) is 13.2 Å². The second-order valence-electron chi connectivity index (χ2n) is 3.87. The van der Waals surface area contributed by atoms with Crippen LogP contribution < -0.4 is 0 Å². The number of halogens is 2. The van der Waals surface area contributed by atoms with E-state index in [0.29, 0.717) is 11.6 Å². The van der Waals surface area contributed by atoms with E-state index in [4.69, 9.17) is 16.3 Å². The highest BCUT2D eigenvalue weighted by Crippen LogP contribution is 2.31. The minimum Gasteiger partial charge on any atom is -0.388 e. The van der Waals surface area contributed by atoms with Gasteiger partial charge in [-0.2, -0.15) is 0 Å². The molecule has 16 heavy (non-hydrogen) atoms. The molecule has 0 heterocycles. The minimum absolute atomic E-state index is 0.124. The molecule has 2 unspecified atom stereocenters. The van der Waals surface area contributed by atoms with Gasteiger partial charge in [-0.05, 0) is 30.0 Å². The summed E-state index contributed by atoms with van der Waals surface area (Å²) in [6.07, 6.45) is 0.264. The Labute approximate surface area is 110 Å². The quantitative estimate of drug-likeness (QED) is 0.896. The molecule has 0 radical (unpaired) electrons. The van der Waals surface area contributed by atoms with Crippen LogP contribution in [0.2, 0.25) is 5.02 Å². The van der Waals surface area contributed by atoms with Gasteiger partial charge in [-0.3, -0.25) is 0 Å². The fourth-order valence-corrected chi connectivity index (χ4v) is 2.29. The topological polar surface area (TPSA) is 29.5 Å². The first-order valence-electron chi connectivity index (χ1n) is 5.18. The van der Waals surface area contributed by atoms with Crippen molar-refractivity contribution >= 4 is 27.5 Å². The van der Waals surface area contributed by atoms with Gasteiger partial charge in [0.05, 0.1) is 6.10 Å². The molecule has 1 aromatic carbocycles. The first-order chi connectivity index (χ1) is 7.56. The third-order valence-corrected chi connectivity index (χ3v) is 3.42. The fraction of sp³-hybridized carbons (Fsp3) is 0.500. The smallest absolute Gasteiger partial charge is 0.0830 e. The van der Waals surface area contributed by atoms with Crippen LogP contribution in [0.3, 0.4) is 0 Å². The van der Waals surface area contributed by atoms with Crippen molar-refractivity contribution in [3.63, 3.8) is 0 Å². The van der Waals surface area contributed by atoms with E-state index >= 15 is 0 Å². The average Bonchev–Trinajstić information content (AvgIpc) is 2.25. The maximum absolute atomic E-state index is 10.1. The zero-order valence-corrected chi connectivity index (χ0v) is 11.8. The summed E-state index contributed by atoms with van der Waals surface area (Å²) >= 11 is 9.42. The molecular formula is C12H16BrClO2. The van der Waals surface area contributed by atoms with E-state index in [0.717, 1.165) is 16.5 Å². The van der Waals surface area contributed by atoms with Crippen molar-refractivity contribution in [2.45, 2.75) is 19.4 Å². The highest BCUT2D eigenvalue weighted by Gasteiger charge is 2.18. The lowest BCUT2D eigenvalue weighted by Gasteiger charge is -2.20. The molecule has 0 spiro atoms. The predicted octanol–water partition coefficient (Wildman–Crippen LogP) is 3.81. The Hall–Kier alpha value is -0.0900. The van der Waals surface area contributed by atoms with Crippen molar-refractivity contribution in [2.24, 2.45) is 5.92 Å². The lowest BCUT2D eigenvalue weighted by atomic mass is 9.95. The maximum atomic E-state index is 10.1. The number of benzene rings is 1. The summed E-state index contributed by atoms with van der Waals surface area (Å²) < 4.78 is 5.91. The Bertz CT molecular complexity index is 344. The van der Waals surface area contributed by atoms with Crippen LogP contribution in [0.15, 0.2) is 22.7 Å². The van der Waals surface area contributed by atoms with Crippen LogP contribution >= 0.6 is 27.5 Å². The number of rotatable bonds is 5. The van der Waals surface area contributed by atoms with Gasteiger partial charge in [0.15, 0.2) is 0 Å². The summed E-state index contributed by atoms with van der Waals surface area (Å²) in [6, 6.07) is 5.52. The van der Waals surface area contributed by atoms with Gasteiger partial charge in [0, 0.05) is 23.2 Å². The van der Waals surface area contributed by atoms with Crippen LogP contribution in [0, 0.1) is 5.92 Å². The van der Waals surface area contributed by atoms with Gasteiger partial charge in [0.1, 0.15) is 0 Å². The molecule has 0 aromatic heterocycles. The normalized spacial score (nSPS) is 14.8. The fourth-order valence-electron chi connectivity index (χ4n) is 1.51. The predicted molar refractivity (Wildman–Crippen MR) is 69.8 cm³/mol. The van der Waals surface area contributed by atoms with Crippen molar-refractivity contribution in [3.8, 4) is 0 Å². The lowest BCUT2D eigenvalue weighted by molar-refractivity contribution is 0.0887. The van der Waals surface area contributed by atoms with E-state index in [-0.39, 0.29) is 5.92 Å². The minimum atomic E-state index is -0.546. The molecule has 1 aromatic rings. The Morgan fingerprint density at radius 2 is 2.19 bits per heavy atom. The second kappa shape index (κ2) is 6.60.